The third-order valence-corrected chi connectivity index (χ3v) is 4.64. The summed E-state index contributed by atoms with van der Waals surface area (Å²) in [6.07, 6.45) is 4.09. The monoisotopic (exact) mass is 380 g/mol. The molecule has 0 amide bonds. The first-order valence-electron chi connectivity index (χ1n) is 7.81. The van der Waals surface area contributed by atoms with Crippen molar-refractivity contribution in [2.24, 2.45) is 0 Å². The van der Waals surface area contributed by atoms with Crippen molar-refractivity contribution in [3.63, 3.8) is 0 Å². The molecule has 1 aromatic heterocycles. The quantitative estimate of drug-likeness (QED) is 0.765. The lowest BCUT2D eigenvalue weighted by atomic mass is 10.2. The number of hydrogen-bond donors (Lipinski definition) is 2. The van der Waals surface area contributed by atoms with Gasteiger partial charge in [0, 0.05) is 31.5 Å². The molecule has 24 heavy (non-hydrogen) atoms. The molecular weight excluding hydrogens is 363 g/mol. The van der Waals surface area contributed by atoms with Crippen molar-refractivity contribution >= 4 is 52.0 Å². The maximum Gasteiger partial charge on any atom is 0.172 e. The molecule has 0 radical (unpaired) electrons. The minimum absolute atomic E-state index is 0.432. The number of halogens is 2. The van der Waals surface area contributed by atoms with Gasteiger partial charge < -0.3 is 15.5 Å². The molecule has 0 bridgehead atoms. The van der Waals surface area contributed by atoms with Gasteiger partial charge in [0.15, 0.2) is 10.9 Å². The molecule has 1 saturated heterocycles. The molecular formula is C17H18Cl2N4S. The van der Waals surface area contributed by atoms with E-state index in [0.717, 1.165) is 18.7 Å². The van der Waals surface area contributed by atoms with Gasteiger partial charge in [0.1, 0.15) is 0 Å². The topological polar surface area (TPSA) is 40.2 Å². The average molecular weight is 381 g/mol. The number of aromatic nitrogens is 1. The minimum atomic E-state index is 0.432. The third kappa shape index (κ3) is 4.50. The van der Waals surface area contributed by atoms with Gasteiger partial charge in [0.05, 0.1) is 10.0 Å². The zero-order chi connectivity index (χ0) is 16.9. The zero-order valence-corrected chi connectivity index (χ0v) is 15.4. The molecule has 3 rings (SSSR count). The van der Waals surface area contributed by atoms with E-state index in [0.29, 0.717) is 27.5 Å². The van der Waals surface area contributed by atoms with Crippen LogP contribution in [-0.4, -0.2) is 23.2 Å². The van der Waals surface area contributed by atoms with Crippen LogP contribution in [0.1, 0.15) is 18.4 Å². The van der Waals surface area contributed by atoms with Crippen LogP contribution in [0, 0.1) is 0 Å². The zero-order valence-electron chi connectivity index (χ0n) is 13.1. The van der Waals surface area contributed by atoms with Crippen LogP contribution in [0.25, 0.3) is 0 Å². The van der Waals surface area contributed by atoms with E-state index in [1.807, 2.05) is 0 Å². The van der Waals surface area contributed by atoms with Gasteiger partial charge in [-0.1, -0.05) is 35.3 Å². The van der Waals surface area contributed by atoms with Crippen molar-refractivity contribution in [2.75, 3.05) is 23.3 Å². The van der Waals surface area contributed by atoms with Crippen LogP contribution >= 0.6 is 35.4 Å². The number of nitrogens with zero attached hydrogens (tertiary/aromatic N) is 2. The van der Waals surface area contributed by atoms with E-state index in [-0.39, 0.29) is 0 Å². The summed E-state index contributed by atoms with van der Waals surface area (Å²) in [5.41, 5.74) is 2.45. The van der Waals surface area contributed by atoms with Crippen molar-refractivity contribution in [1.82, 2.24) is 10.3 Å². The lowest BCUT2D eigenvalue weighted by Crippen LogP contribution is -2.28. The van der Waals surface area contributed by atoms with E-state index >= 15 is 0 Å². The number of hydrogen-bond acceptors (Lipinski definition) is 3. The highest BCUT2D eigenvalue weighted by Gasteiger charge is 2.11. The van der Waals surface area contributed by atoms with E-state index in [1.54, 1.807) is 6.07 Å². The van der Waals surface area contributed by atoms with Crippen LogP contribution in [-0.2, 0) is 6.54 Å². The Labute approximate surface area is 157 Å². The molecule has 1 aliphatic rings. The molecule has 0 aliphatic carbocycles. The van der Waals surface area contributed by atoms with Crippen molar-refractivity contribution in [2.45, 2.75) is 19.4 Å². The molecule has 2 aromatic rings. The fourth-order valence-corrected chi connectivity index (χ4v) is 3.24. The molecule has 0 spiro atoms. The van der Waals surface area contributed by atoms with E-state index in [1.165, 1.54) is 24.7 Å². The number of anilines is 2. The Balaban J connectivity index is 1.52. The second-order valence-electron chi connectivity index (χ2n) is 5.65. The van der Waals surface area contributed by atoms with Gasteiger partial charge in [0.2, 0.25) is 0 Å². The highest BCUT2D eigenvalue weighted by atomic mass is 35.5. The van der Waals surface area contributed by atoms with Gasteiger partial charge in [-0.05, 0) is 48.8 Å². The Morgan fingerprint density at radius 1 is 1.17 bits per heavy atom. The average Bonchev–Trinajstić information content (AvgIpc) is 3.11. The molecule has 2 heterocycles. The second-order valence-corrected chi connectivity index (χ2v) is 6.90. The molecule has 1 aliphatic heterocycles. The Morgan fingerprint density at radius 2 is 1.88 bits per heavy atom. The maximum absolute atomic E-state index is 6.07. The van der Waals surface area contributed by atoms with Crippen LogP contribution in [0.4, 0.5) is 11.5 Å². The second kappa shape index (κ2) is 8.01. The van der Waals surface area contributed by atoms with Crippen molar-refractivity contribution < 1.29 is 0 Å². The fourth-order valence-electron chi connectivity index (χ4n) is 2.64. The third-order valence-electron chi connectivity index (χ3n) is 3.90. The van der Waals surface area contributed by atoms with Crippen LogP contribution < -0.4 is 15.5 Å². The number of nitrogens with one attached hydrogen (secondary N) is 2. The van der Waals surface area contributed by atoms with Gasteiger partial charge in [-0.3, -0.25) is 0 Å². The van der Waals surface area contributed by atoms with Crippen LogP contribution in [0.3, 0.4) is 0 Å². The number of thiocarbonyl (C=S) groups is 1. The first kappa shape index (κ1) is 17.3. The van der Waals surface area contributed by atoms with Gasteiger partial charge in [-0.2, -0.15) is 0 Å². The maximum atomic E-state index is 6.07. The summed E-state index contributed by atoms with van der Waals surface area (Å²) in [5, 5.41) is 7.52. The highest BCUT2D eigenvalue weighted by molar-refractivity contribution is 7.80. The number of rotatable bonds is 4. The number of benzene rings is 1. The van der Waals surface area contributed by atoms with E-state index in [2.05, 4.69) is 44.8 Å². The molecule has 0 unspecified atom stereocenters. The Hall–Kier alpha value is -1.56. The van der Waals surface area contributed by atoms with E-state index < -0.39 is 0 Å². The largest absolute Gasteiger partial charge is 0.372 e. The summed E-state index contributed by atoms with van der Waals surface area (Å²) in [6.45, 7) is 2.94. The predicted octanol–water partition coefficient (Wildman–Crippen LogP) is 4.48. The molecule has 1 fully saturated rings. The normalized spacial score (nSPS) is 13.8. The molecule has 0 atom stereocenters. The molecule has 1 aromatic carbocycles. The highest BCUT2D eigenvalue weighted by Crippen LogP contribution is 2.22. The Bertz CT molecular complexity index is 715. The van der Waals surface area contributed by atoms with E-state index in [4.69, 9.17) is 35.4 Å². The van der Waals surface area contributed by atoms with Crippen LogP contribution in [0.5, 0.6) is 0 Å². The van der Waals surface area contributed by atoms with Gasteiger partial charge in [-0.15, -0.1) is 0 Å². The standard InChI is InChI=1S/C17H18Cl2N4S/c18-13-9-15(19)16(20-11-13)22-17(24)21-10-12-3-5-14(6-4-12)23-7-1-2-8-23/h3-6,9,11H,1-2,7-8,10H2,(H2,20,21,22,24). The summed E-state index contributed by atoms with van der Waals surface area (Å²) in [4.78, 5) is 6.53. The Morgan fingerprint density at radius 3 is 2.54 bits per heavy atom. The first-order chi connectivity index (χ1) is 11.6. The van der Waals surface area contributed by atoms with Gasteiger partial charge >= 0.3 is 0 Å². The molecule has 0 saturated carbocycles. The summed E-state index contributed by atoms with van der Waals surface area (Å²) < 4.78 is 0. The summed E-state index contributed by atoms with van der Waals surface area (Å²) >= 11 is 17.2. The van der Waals surface area contributed by atoms with Crippen molar-refractivity contribution in [3.05, 3.63) is 52.1 Å². The predicted molar refractivity (Wildman–Crippen MR) is 105 cm³/mol. The Kier molecular flexibility index (Phi) is 5.76. The fraction of sp³-hybridized carbons (Fsp3) is 0.294. The summed E-state index contributed by atoms with van der Waals surface area (Å²) in [7, 11) is 0. The lowest BCUT2D eigenvalue weighted by Gasteiger charge is -2.18. The molecule has 2 N–H and O–H groups in total. The smallest absolute Gasteiger partial charge is 0.172 e. The summed E-state index contributed by atoms with van der Waals surface area (Å²) in [6, 6.07) is 10.2. The minimum Gasteiger partial charge on any atom is -0.372 e. The summed E-state index contributed by atoms with van der Waals surface area (Å²) in [5.74, 6) is 0.489. The molecule has 7 heteroatoms. The SMILES string of the molecule is S=C(NCc1ccc(N2CCCC2)cc1)Nc1ncc(Cl)cc1Cl. The molecule has 126 valence electrons. The first-order valence-corrected chi connectivity index (χ1v) is 8.98. The molecule has 4 nitrogen and oxygen atoms in total. The van der Waals surface area contributed by atoms with Crippen LogP contribution in [0.15, 0.2) is 36.5 Å². The lowest BCUT2D eigenvalue weighted by molar-refractivity contribution is 0.920. The number of pyridine rings is 1. The van der Waals surface area contributed by atoms with Crippen molar-refractivity contribution in [3.8, 4) is 0 Å². The van der Waals surface area contributed by atoms with Gasteiger partial charge in [-0.25, -0.2) is 4.98 Å². The van der Waals surface area contributed by atoms with Crippen molar-refractivity contribution in [1.29, 1.82) is 0 Å². The van der Waals surface area contributed by atoms with Crippen LogP contribution in [0.2, 0.25) is 10.0 Å². The van der Waals surface area contributed by atoms with E-state index in [9.17, 15) is 0 Å². The van der Waals surface area contributed by atoms with Gasteiger partial charge in [0.25, 0.3) is 0 Å².